The Morgan fingerprint density at radius 2 is 1.86 bits per heavy atom. The lowest BCUT2D eigenvalue weighted by Gasteiger charge is -2.08. The number of aromatic nitrogens is 1. The molecule has 1 aromatic carbocycles. The maximum Gasteiger partial charge on any atom is 0.252 e. The molecule has 1 aromatic heterocycles. The molecule has 0 fully saturated rings. The van der Waals surface area contributed by atoms with Crippen molar-refractivity contribution in [2.45, 2.75) is 0 Å². The number of nitrogens with one attached hydrogen (secondary N) is 2. The monoisotopic (exact) mass is 381 g/mol. The second-order valence-corrected chi connectivity index (χ2v) is 5.70. The molecule has 0 unspecified atom stereocenters. The van der Waals surface area contributed by atoms with Gasteiger partial charge in [-0.1, -0.05) is 27.5 Å². The van der Waals surface area contributed by atoms with Gasteiger partial charge in [-0.2, -0.15) is 0 Å². The second kappa shape index (κ2) is 7.91. The normalized spacial score (nSPS) is 10.1. The molecule has 0 atom stereocenters. The van der Waals surface area contributed by atoms with Gasteiger partial charge in [0.15, 0.2) is 0 Å². The lowest BCUT2D eigenvalue weighted by molar-refractivity contribution is 0.0927. The van der Waals surface area contributed by atoms with Gasteiger partial charge in [-0.05, 0) is 30.3 Å². The minimum absolute atomic E-state index is 0.232. The quantitative estimate of drug-likeness (QED) is 0.781. The summed E-state index contributed by atoms with van der Waals surface area (Å²) in [6, 6.07) is 8.39. The molecule has 0 saturated heterocycles. The first-order valence-corrected chi connectivity index (χ1v) is 7.66. The Morgan fingerprint density at radius 3 is 2.50 bits per heavy atom. The smallest absolute Gasteiger partial charge is 0.252 e. The molecule has 0 radical (unpaired) electrons. The number of carbonyl (C=O) groups excluding carboxylic acids is 2. The summed E-state index contributed by atoms with van der Waals surface area (Å²) in [7, 11) is 0. The summed E-state index contributed by atoms with van der Waals surface area (Å²) in [5.41, 5.74) is 0.869. The van der Waals surface area contributed by atoms with Crippen LogP contribution >= 0.6 is 27.5 Å². The molecule has 5 nitrogen and oxygen atoms in total. The third-order valence-electron chi connectivity index (χ3n) is 2.80. The second-order valence-electron chi connectivity index (χ2n) is 4.38. The zero-order valence-corrected chi connectivity index (χ0v) is 13.8. The van der Waals surface area contributed by atoms with Crippen LogP contribution in [0.2, 0.25) is 5.02 Å². The van der Waals surface area contributed by atoms with E-state index in [1.807, 2.05) is 0 Å². The van der Waals surface area contributed by atoms with Crippen molar-refractivity contribution in [1.29, 1.82) is 0 Å². The van der Waals surface area contributed by atoms with Crippen LogP contribution in [-0.4, -0.2) is 29.9 Å². The van der Waals surface area contributed by atoms with Crippen molar-refractivity contribution in [1.82, 2.24) is 15.6 Å². The van der Waals surface area contributed by atoms with E-state index in [0.29, 0.717) is 29.2 Å². The number of halogens is 2. The van der Waals surface area contributed by atoms with Gasteiger partial charge in [0.05, 0.1) is 16.1 Å². The Hall–Kier alpha value is -1.92. The van der Waals surface area contributed by atoms with Crippen LogP contribution in [0.15, 0.2) is 47.2 Å². The minimum atomic E-state index is -0.284. The number of rotatable bonds is 5. The number of nitrogens with zero attached hydrogens (tertiary/aromatic N) is 1. The lowest BCUT2D eigenvalue weighted by atomic mass is 10.2. The van der Waals surface area contributed by atoms with Gasteiger partial charge in [0.2, 0.25) is 0 Å². The van der Waals surface area contributed by atoms with Gasteiger partial charge in [-0.15, -0.1) is 0 Å². The first kappa shape index (κ1) is 16.5. The molecule has 0 bridgehead atoms. The van der Waals surface area contributed by atoms with Crippen molar-refractivity contribution in [3.05, 3.63) is 63.3 Å². The van der Waals surface area contributed by atoms with E-state index in [0.717, 1.165) is 4.47 Å². The Kier molecular flexibility index (Phi) is 5.91. The Bertz CT molecular complexity index is 680. The minimum Gasteiger partial charge on any atom is -0.350 e. The predicted octanol–water partition coefficient (Wildman–Crippen LogP) is 2.66. The number of amides is 2. The van der Waals surface area contributed by atoms with E-state index in [2.05, 4.69) is 31.5 Å². The van der Waals surface area contributed by atoms with Crippen LogP contribution < -0.4 is 10.6 Å². The molecule has 0 aliphatic heterocycles. The summed E-state index contributed by atoms with van der Waals surface area (Å²) < 4.78 is 0.804. The highest BCUT2D eigenvalue weighted by Crippen LogP contribution is 2.21. The summed E-state index contributed by atoms with van der Waals surface area (Å²) in [4.78, 5) is 27.6. The topological polar surface area (TPSA) is 71.1 Å². The summed E-state index contributed by atoms with van der Waals surface area (Å²) >= 11 is 9.28. The number of benzene rings is 1. The molecule has 1 heterocycles. The molecule has 2 amide bonds. The molecule has 7 heteroatoms. The van der Waals surface area contributed by atoms with E-state index in [-0.39, 0.29) is 11.8 Å². The highest BCUT2D eigenvalue weighted by molar-refractivity contribution is 9.10. The summed E-state index contributed by atoms with van der Waals surface area (Å²) in [5, 5.41) is 5.76. The van der Waals surface area contributed by atoms with Crippen LogP contribution in [0.3, 0.4) is 0 Å². The van der Waals surface area contributed by atoms with Crippen LogP contribution in [0.4, 0.5) is 0 Å². The highest BCUT2D eigenvalue weighted by Gasteiger charge is 2.10. The maximum absolute atomic E-state index is 12.0. The van der Waals surface area contributed by atoms with Crippen LogP contribution in [-0.2, 0) is 0 Å². The molecule has 22 heavy (non-hydrogen) atoms. The van der Waals surface area contributed by atoms with Gasteiger partial charge in [-0.3, -0.25) is 14.6 Å². The predicted molar refractivity (Wildman–Crippen MR) is 88.1 cm³/mol. The fourth-order valence-corrected chi connectivity index (χ4v) is 2.48. The average Bonchev–Trinajstić information content (AvgIpc) is 2.52. The average molecular weight is 383 g/mol. The van der Waals surface area contributed by atoms with E-state index in [1.165, 1.54) is 6.20 Å². The van der Waals surface area contributed by atoms with Crippen molar-refractivity contribution in [2.24, 2.45) is 0 Å². The highest BCUT2D eigenvalue weighted by atomic mass is 79.9. The van der Waals surface area contributed by atoms with Crippen LogP contribution in [0.1, 0.15) is 20.7 Å². The van der Waals surface area contributed by atoms with Crippen molar-refractivity contribution >= 4 is 39.3 Å². The molecule has 114 valence electrons. The largest absolute Gasteiger partial charge is 0.350 e. The molecule has 0 saturated carbocycles. The van der Waals surface area contributed by atoms with Gasteiger partial charge in [0, 0.05) is 30.0 Å². The summed E-state index contributed by atoms with van der Waals surface area (Å²) in [6.07, 6.45) is 3.08. The van der Waals surface area contributed by atoms with Crippen LogP contribution in [0.5, 0.6) is 0 Å². The summed E-state index contributed by atoms with van der Waals surface area (Å²) in [5.74, 6) is -0.517. The van der Waals surface area contributed by atoms with Crippen molar-refractivity contribution < 1.29 is 9.59 Å². The van der Waals surface area contributed by atoms with Crippen molar-refractivity contribution in [2.75, 3.05) is 13.1 Å². The molecular formula is C15H13BrClN3O2. The maximum atomic E-state index is 12.0. The summed E-state index contributed by atoms with van der Waals surface area (Å²) in [6.45, 7) is 0.616. The molecule has 2 N–H and O–H groups in total. The Labute approximate surface area is 141 Å². The third kappa shape index (κ3) is 4.54. The van der Waals surface area contributed by atoms with Crippen molar-refractivity contribution in [3.63, 3.8) is 0 Å². The molecule has 0 spiro atoms. The zero-order chi connectivity index (χ0) is 15.9. The third-order valence-corrected chi connectivity index (χ3v) is 3.60. The van der Waals surface area contributed by atoms with Crippen molar-refractivity contribution in [3.8, 4) is 0 Å². The van der Waals surface area contributed by atoms with E-state index < -0.39 is 0 Å². The fourth-order valence-electron chi connectivity index (χ4n) is 1.72. The van der Waals surface area contributed by atoms with Gasteiger partial charge in [0.1, 0.15) is 0 Å². The molecular weight excluding hydrogens is 370 g/mol. The van der Waals surface area contributed by atoms with Gasteiger partial charge < -0.3 is 10.6 Å². The number of pyridine rings is 1. The first-order valence-electron chi connectivity index (χ1n) is 6.49. The van der Waals surface area contributed by atoms with Crippen LogP contribution in [0.25, 0.3) is 0 Å². The number of hydrogen-bond acceptors (Lipinski definition) is 3. The Morgan fingerprint density at radius 1 is 1.14 bits per heavy atom. The Balaban J connectivity index is 1.79. The number of hydrogen-bond donors (Lipinski definition) is 2. The van der Waals surface area contributed by atoms with E-state index in [4.69, 9.17) is 11.6 Å². The van der Waals surface area contributed by atoms with E-state index in [9.17, 15) is 9.59 Å². The van der Waals surface area contributed by atoms with Crippen LogP contribution in [0, 0.1) is 0 Å². The fraction of sp³-hybridized carbons (Fsp3) is 0.133. The van der Waals surface area contributed by atoms with E-state index in [1.54, 1.807) is 36.5 Å². The SMILES string of the molecule is O=C(NCCNC(=O)c1ccc(Br)cc1Cl)c1cccnc1. The van der Waals surface area contributed by atoms with Gasteiger partial charge >= 0.3 is 0 Å². The standard InChI is InChI=1S/C15H13BrClN3O2/c16-11-3-4-12(13(17)8-11)15(22)20-7-6-19-14(21)10-2-1-5-18-9-10/h1-5,8-9H,6-7H2,(H,19,21)(H,20,22). The zero-order valence-electron chi connectivity index (χ0n) is 11.5. The molecule has 0 aliphatic carbocycles. The first-order chi connectivity index (χ1) is 10.6. The van der Waals surface area contributed by atoms with Gasteiger partial charge in [-0.25, -0.2) is 0 Å². The molecule has 2 aromatic rings. The lowest BCUT2D eigenvalue weighted by Crippen LogP contribution is -2.34. The van der Waals surface area contributed by atoms with Gasteiger partial charge in [0.25, 0.3) is 11.8 Å². The molecule has 0 aliphatic rings. The number of carbonyl (C=O) groups is 2. The molecule has 2 rings (SSSR count). The van der Waals surface area contributed by atoms with E-state index >= 15 is 0 Å².